The Bertz CT molecular complexity index is 1330. The smallest absolute Gasteiger partial charge is 0.261 e. The van der Waals surface area contributed by atoms with Crippen LogP contribution in [-0.4, -0.2) is 50.0 Å². The highest BCUT2D eigenvalue weighted by molar-refractivity contribution is 6.30. The summed E-state index contributed by atoms with van der Waals surface area (Å²) in [6, 6.07) is 14.3. The largest absolute Gasteiger partial charge is 0.476 e. The molecule has 2 amide bonds. The van der Waals surface area contributed by atoms with Gasteiger partial charge in [0.05, 0.1) is 17.7 Å². The van der Waals surface area contributed by atoms with Crippen LogP contribution in [0.25, 0.3) is 22.3 Å². The van der Waals surface area contributed by atoms with Crippen LogP contribution in [0.5, 0.6) is 5.88 Å². The fourth-order valence-electron chi connectivity index (χ4n) is 3.88. The van der Waals surface area contributed by atoms with Gasteiger partial charge in [-0.15, -0.1) is 0 Å². The summed E-state index contributed by atoms with van der Waals surface area (Å²) in [7, 11) is 0. The van der Waals surface area contributed by atoms with Crippen molar-refractivity contribution in [3.05, 3.63) is 70.5 Å². The second-order valence-corrected chi connectivity index (χ2v) is 8.18. The summed E-state index contributed by atoms with van der Waals surface area (Å²) in [5, 5.41) is 8.02. The lowest BCUT2D eigenvalue weighted by Crippen LogP contribution is -2.30. The fraction of sp³-hybridized carbons (Fsp3) is 0.208. The number of nitrogens with zero attached hydrogens (tertiary/aromatic N) is 4. The Balaban J connectivity index is 1.23. The molecular formula is C24H20ClN5O3. The Labute approximate surface area is 194 Å². The van der Waals surface area contributed by atoms with Gasteiger partial charge in [-0.25, -0.2) is 4.98 Å². The van der Waals surface area contributed by atoms with Crippen molar-refractivity contribution in [2.75, 3.05) is 13.2 Å². The second-order valence-electron chi connectivity index (χ2n) is 7.74. The molecule has 0 aliphatic carbocycles. The fourth-order valence-corrected chi connectivity index (χ4v) is 4.01. The number of unbranched alkanes of at least 4 members (excludes halogenated alkanes) is 1. The highest BCUT2D eigenvalue weighted by Crippen LogP contribution is 2.30. The summed E-state index contributed by atoms with van der Waals surface area (Å²) in [4.78, 5) is 35.1. The Hall–Kier alpha value is -3.78. The van der Waals surface area contributed by atoms with Gasteiger partial charge in [-0.2, -0.15) is 10.1 Å². The van der Waals surface area contributed by atoms with E-state index in [1.807, 2.05) is 12.1 Å². The Morgan fingerprint density at radius 1 is 0.970 bits per heavy atom. The summed E-state index contributed by atoms with van der Waals surface area (Å²) in [6.07, 6.45) is 1.27. The van der Waals surface area contributed by atoms with Gasteiger partial charge in [0.2, 0.25) is 5.88 Å². The minimum atomic E-state index is -0.239. The molecule has 0 bridgehead atoms. The number of ether oxygens (including phenoxy) is 1. The molecule has 9 heteroatoms. The van der Waals surface area contributed by atoms with Gasteiger partial charge in [-0.05, 0) is 44.0 Å². The number of imide groups is 1. The molecule has 1 N–H and O–H groups in total. The molecule has 0 saturated heterocycles. The molecule has 8 nitrogen and oxygen atoms in total. The molecule has 5 rings (SSSR count). The first-order valence-corrected chi connectivity index (χ1v) is 11.0. The van der Waals surface area contributed by atoms with E-state index in [2.05, 4.69) is 20.2 Å². The zero-order valence-electron chi connectivity index (χ0n) is 17.8. The highest BCUT2D eigenvalue weighted by atomic mass is 35.5. The first-order valence-electron chi connectivity index (χ1n) is 10.6. The number of nitrogens with one attached hydrogen (secondary N) is 1. The third-order valence-corrected chi connectivity index (χ3v) is 5.75. The predicted molar refractivity (Wildman–Crippen MR) is 123 cm³/mol. The van der Waals surface area contributed by atoms with E-state index < -0.39 is 0 Å². The zero-order valence-corrected chi connectivity index (χ0v) is 18.6. The maximum atomic E-state index is 12.5. The number of aromatic amines is 1. The topological polar surface area (TPSA) is 101 Å². The average Bonchev–Trinajstić information content (AvgIpc) is 3.34. The summed E-state index contributed by atoms with van der Waals surface area (Å²) < 4.78 is 5.92. The number of amides is 2. The van der Waals surface area contributed by atoms with Crippen LogP contribution in [0.1, 0.15) is 39.4 Å². The number of fused-ring (bicyclic) bond motifs is 2. The van der Waals surface area contributed by atoms with Crippen molar-refractivity contribution in [2.24, 2.45) is 0 Å². The molecule has 1 aliphatic rings. The van der Waals surface area contributed by atoms with Crippen molar-refractivity contribution in [3.63, 3.8) is 0 Å². The second kappa shape index (κ2) is 8.63. The average molecular weight is 462 g/mol. The van der Waals surface area contributed by atoms with Crippen LogP contribution in [0.4, 0.5) is 0 Å². The van der Waals surface area contributed by atoms with E-state index in [-0.39, 0.29) is 11.8 Å². The Kier molecular flexibility index (Phi) is 5.51. The van der Waals surface area contributed by atoms with Gasteiger partial charge >= 0.3 is 0 Å². The molecule has 0 atom stereocenters. The van der Waals surface area contributed by atoms with Crippen LogP contribution in [0.3, 0.4) is 0 Å². The molecule has 0 unspecified atom stereocenters. The van der Waals surface area contributed by atoms with Gasteiger partial charge in [0, 0.05) is 17.1 Å². The monoisotopic (exact) mass is 461 g/mol. The number of rotatable bonds is 7. The number of carbonyl (C=O) groups is 2. The van der Waals surface area contributed by atoms with E-state index in [1.54, 1.807) is 43.3 Å². The minimum Gasteiger partial charge on any atom is -0.476 e. The van der Waals surface area contributed by atoms with Crippen LogP contribution in [0.2, 0.25) is 5.02 Å². The quantitative estimate of drug-likeness (QED) is 0.322. The van der Waals surface area contributed by atoms with E-state index in [4.69, 9.17) is 16.3 Å². The number of carbonyl (C=O) groups excluding carboxylic acids is 2. The maximum Gasteiger partial charge on any atom is 0.261 e. The van der Waals surface area contributed by atoms with Crippen molar-refractivity contribution >= 4 is 34.4 Å². The van der Waals surface area contributed by atoms with E-state index in [0.29, 0.717) is 70.6 Å². The Morgan fingerprint density at radius 2 is 1.67 bits per heavy atom. The Morgan fingerprint density at radius 3 is 2.36 bits per heavy atom. The van der Waals surface area contributed by atoms with Crippen molar-refractivity contribution in [2.45, 2.75) is 19.8 Å². The van der Waals surface area contributed by atoms with Crippen LogP contribution in [0.15, 0.2) is 48.5 Å². The van der Waals surface area contributed by atoms with Crippen LogP contribution in [-0.2, 0) is 0 Å². The van der Waals surface area contributed by atoms with Crippen LogP contribution >= 0.6 is 11.6 Å². The maximum absolute atomic E-state index is 12.5. The van der Waals surface area contributed by atoms with Crippen molar-refractivity contribution in [1.29, 1.82) is 0 Å². The van der Waals surface area contributed by atoms with E-state index in [1.165, 1.54) is 4.90 Å². The molecule has 2 aromatic carbocycles. The highest BCUT2D eigenvalue weighted by Gasteiger charge is 2.34. The first-order chi connectivity index (χ1) is 16.0. The van der Waals surface area contributed by atoms with Crippen LogP contribution in [0, 0.1) is 6.92 Å². The summed E-state index contributed by atoms with van der Waals surface area (Å²) in [6.45, 7) is 2.52. The number of aryl methyl sites for hydroxylation is 1. The third-order valence-electron chi connectivity index (χ3n) is 5.50. The molecular weight excluding hydrogens is 442 g/mol. The number of hydrogen-bond acceptors (Lipinski definition) is 6. The number of H-pyrrole nitrogens is 1. The molecule has 3 heterocycles. The molecule has 1 aliphatic heterocycles. The van der Waals surface area contributed by atoms with Gasteiger partial charge in [-0.3, -0.25) is 19.6 Å². The van der Waals surface area contributed by atoms with Gasteiger partial charge < -0.3 is 4.74 Å². The predicted octanol–water partition coefficient (Wildman–Crippen LogP) is 4.44. The lowest BCUT2D eigenvalue weighted by Gasteiger charge is -2.13. The summed E-state index contributed by atoms with van der Waals surface area (Å²) in [5.41, 5.74) is 3.80. The molecule has 0 radical (unpaired) electrons. The SMILES string of the molecule is Cc1nc(OCCCCN2C(=O)c3ccccc3C2=O)c2[nH]nc(-c3ccc(Cl)cc3)c2n1. The molecule has 33 heavy (non-hydrogen) atoms. The number of benzene rings is 2. The molecule has 0 spiro atoms. The van der Waals surface area contributed by atoms with Crippen molar-refractivity contribution in [1.82, 2.24) is 25.1 Å². The lowest BCUT2D eigenvalue weighted by atomic mass is 10.1. The molecule has 0 saturated carbocycles. The summed E-state index contributed by atoms with van der Waals surface area (Å²) >= 11 is 5.99. The lowest BCUT2D eigenvalue weighted by molar-refractivity contribution is 0.0649. The van der Waals surface area contributed by atoms with Gasteiger partial charge in [0.25, 0.3) is 11.8 Å². The molecule has 166 valence electrons. The molecule has 4 aromatic rings. The molecule has 2 aromatic heterocycles. The van der Waals surface area contributed by atoms with E-state index in [9.17, 15) is 9.59 Å². The number of hydrogen-bond donors (Lipinski definition) is 1. The number of halogens is 1. The number of aromatic nitrogens is 4. The van der Waals surface area contributed by atoms with Crippen molar-refractivity contribution in [3.8, 4) is 17.1 Å². The third kappa shape index (κ3) is 3.93. The van der Waals surface area contributed by atoms with E-state index in [0.717, 1.165) is 5.56 Å². The van der Waals surface area contributed by atoms with Gasteiger partial charge in [0.15, 0.2) is 0 Å². The van der Waals surface area contributed by atoms with Gasteiger partial charge in [0.1, 0.15) is 22.6 Å². The standard InChI is InChI=1S/C24H20ClN5O3/c1-14-26-20-19(15-8-10-16(25)11-9-15)28-29-21(20)22(27-14)33-13-5-4-12-30-23(31)17-6-2-3-7-18(17)24(30)32/h2-3,6-11H,4-5,12-13H2,1H3,(H,28,29). The van der Waals surface area contributed by atoms with E-state index >= 15 is 0 Å². The summed E-state index contributed by atoms with van der Waals surface area (Å²) in [5.74, 6) is 0.514. The normalized spacial score (nSPS) is 13.1. The van der Waals surface area contributed by atoms with Crippen LogP contribution < -0.4 is 4.74 Å². The molecule has 0 fully saturated rings. The first kappa shape index (κ1) is 21.1. The zero-order chi connectivity index (χ0) is 22.9. The van der Waals surface area contributed by atoms with Crippen molar-refractivity contribution < 1.29 is 14.3 Å². The van der Waals surface area contributed by atoms with Gasteiger partial charge in [-0.1, -0.05) is 35.9 Å². The minimum absolute atomic E-state index is 0.239.